The average Bonchev–Trinajstić information content (AvgIpc) is 3.09. The van der Waals surface area contributed by atoms with E-state index < -0.39 is 0 Å². The molecule has 0 saturated carbocycles. The summed E-state index contributed by atoms with van der Waals surface area (Å²) in [6.07, 6.45) is 1.37. The van der Waals surface area contributed by atoms with Gasteiger partial charge in [0, 0.05) is 24.2 Å². The second-order valence-electron chi connectivity index (χ2n) is 5.11. The number of para-hydroxylation sites is 2. The lowest BCUT2D eigenvalue weighted by atomic mass is 10.1. The molecule has 2 N–H and O–H groups in total. The van der Waals surface area contributed by atoms with E-state index in [1.54, 1.807) is 0 Å². The molecule has 0 fully saturated rings. The number of fused-ring (bicyclic) bond motifs is 1. The van der Waals surface area contributed by atoms with Crippen LogP contribution in [-0.4, -0.2) is 27.6 Å². The minimum Gasteiger partial charge on any atom is -0.441 e. The monoisotopic (exact) mass is 298 g/mol. The zero-order valence-corrected chi connectivity index (χ0v) is 12.6. The number of hydrogen-bond donors (Lipinski definition) is 2. The minimum atomic E-state index is -0.176. The molecule has 3 rings (SSSR count). The third kappa shape index (κ3) is 2.72. The third-order valence-corrected chi connectivity index (χ3v) is 3.64. The van der Waals surface area contributed by atoms with Crippen molar-refractivity contribution in [1.29, 1.82) is 0 Å². The van der Waals surface area contributed by atoms with Gasteiger partial charge in [-0.05, 0) is 25.5 Å². The fraction of sp³-hybridized carbons (Fsp3) is 0.312. The molecule has 0 unspecified atom stereocenters. The van der Waals surface area contributed by atoms with Crippen molar-refractivity contribution >= 4 is 17.0 Å². The lowest BCUT2D eigenvalue weighted by Gasteiger charge is -2.02. The van der Waals surface area contributed by atoms with Gasteiger partial charge in [0.1, 0.15) is 5.52 Å². The third-order valence-electron chi connectivity index (χ3n) is 3.64. The van der Waals surface area contributed by atoms with Gasteiger partial charge in [-0.1, -0.05) is 19.1 Å². The van der Waals surface area contributed by atoms with Gasteiger partial charge in [-0.2, -0.15) is 5.10 Å². The van der Waals surface area contributed by atoms with Crippen molar-refractivity contribution in [1.82, 2.24) is 20.5 Å². The molecule has 114 valence electrons. The van der Waals surface area contributed by atoms with Crippen LogP contribution in [0.3, 0.4) is 0 Å². The molecule has 0 atom stereocenters. The van der Waals surface area contributed by atoms with Crippen LogP contribution >= 0.6 is 0 Å². The number of rotatable bonds is 5. The van der Waals surface area contributed by atoms with E-state index in [2.05, 4.69) is 20.5 Å². The largest absolute Gasteiger partial charge is 0.441 e. The summed E-state index contributed by atoms with van der Waals surface area (Å²) in [5.74, 6) is 0.444. The fourth-order valence-electron chi connectivity index (χ4n) is 2.39. The normalized spacial score (nSPS) is 11.0. The van der Waals surface area contributed by atoms with Gasteiger partial charge in [0.25, 0.3) is 5.91 Å². The molecule has 0 radical (unpaired) electrons. The molecular formula is C16H18N4O2. The summed E-state index contributed by atoms with van der Waals surface area (Å²) in [7, 11) is 0. The van der Waals surface area contributed by atoms with Crippen molar-refractivity contribution in [2.75, 3.05) is 6.54 Å². The summed E-state index contributed by atoms with van der Waals surface area (Å²) in [5, 5.41) is 9.81. The molecule has 1 amide bonds. The number of aromatic amines is 1. The number of amides is 1. The maximum absolute atomic E-state index is 12.1. The van der Waals surface area contributed by atoms with Crippen LogP contribution in [0.5, 0.6) is 0 Å². The van der Waals surface area contributed by atoms with Crippen molar-refractivity contribution in [3.8, 4) is 0 Å². The lowest BCUT2D eigenvalue weighted by molar-refractivity contribution is 0.0948. The molecule has 2 aromatic heterocycles. The second-order valence-corrected chi connectivity index (χ2v) is 5.11. The minimum absolute atomic E-state index is 0.176. The van der Waals surface area contributed by atoms with Crippen LogP contribution in [0.15, 0.2) is 28.7 Å². The van der Waals surface area contributed by atoms with E-state index >= 15 is 0 Å². The molecule has 0 aliphatic carbocycles. The Kier molecular flexibility index (Phi) is 3.91. The maximum Gasteiger partial charge on any atom is 0.272 e. The van der Waals surface area contributed by atoms with Crippen molar-refractivity contribution in [3.63, 3.8) is 0 Å². The van der Waals surface area contributed by atoms with Gasteiger partial charge < -0.3 is 9.73 Å². The number of benzene rings is 1. The number of carbonyl (C=O) groups is 1. The van der Waals surface area contributed by atoms with E-state index in [-0.39, 0.29) is 5.91 Å². The van der Waals surface area contributed by atoms with E-state index in [1.165, 1.54) is 0 Å². The van der Waals surface area contributed by atoms with Crippen LogP contribution in [0.25, 0.3) is 11.1 Å². The first kappa shape index (κ1) is 14.3. The van der Waals surface area contributed by atoms with Crippen molar-refractivity contribution in [2.24, 2.45) is 0 Å². The molecule has 0 saturated heterocycles. The standard InChI is InChI=1S/C16H18N4O2/c1-3-11-10(2)15(20-19-11)16(21)17-9-8-14-18-12-6-4-5-7-13(12)22-14/h4-7H,3,8-9H2,1-2H3,(H,17,21)(H,19,20). The number of H-pyrrole nitrogens is 1. The highest BCUT2D eigenvalue weighted by Crippen LogP contribution is 2.15. The van der Waals surface area contributed by atoms with Crippen LogP contribution in [-0.2, 0) is 12.8 Å². The van der Waals surface area contributed by atoms with Gasteiger partial charge in [-0.25, -0.2) is 4.98 Å². The van der Waals surface area contributed by atoms with Gasteiger partial charge in [-0.3, -0.25) is 9.89 Å². The summed E-state index contributed by atoms with van der Waals surface area (Å²) < 4.78 is 5.62. The zero-order valence-electron chi connectivity index (χ0n) is 12.6. The predicted octanol–water partition coefficient (Wildman–Crippen LogP) is 2.39. The molecule has 1 aromatic carbocycles. The molecule has 3 aromatic rings. The first-order chi connectivity index (χ1) is 10.7. The highest BCUT2D eigenvalue weighted by Gasteiger charge is 2.15. The average molecular weight is 298 g/mol. The Morgan fingerprint density at radius 3 is 2.91 bits per heavy atom. The number of oxazole rings is 1. The summed E-state index contributed by atoms with van der Waals surface area (Å²) in [6.45, 7) is 4.38. The first-order valence-electron chi connectivity index (χ1n) is 7.35. The quantitative estimate of drug-likeness (QED) is 0.757. The molecule has 0 bridgehead atoms. The Balaban J connectivity index is 1.60. The van der Waals surface area contributed by atoms with Gasteiger partial charge in [0.05, 0.1) is 0 Å². The summed E-state index contributed by atoms with van der Waals surface area (Å²) in [6, 6.07) is 7.61. The number of nitrogens with zero attached hydrogens (tertiary/aromatic N) is 2. The number of aryl methyl sites for hydroxylation is 1. The van der Waals surface area contributed by atoms with Crippen LogP contribution in [0, 0.1) is 6.92 Å². The smallest absolute Gasteiger partial charge is 0.272 e. The predicted molar refractivity (Wildman–Crippen MR) is 82.7 cm³/mol. The second kappa shape index (κ2) is 6.01. The van der Waals surface area contributed by atoms with Crippen LogP contribution < -0.4 is 5.32 Å². The van der Waals surface area contributed by atoms with Crippen molar-refractivity contribution in [2.45, 2.75) is 26.7 Å². The molecule has 0 aliphatic rings. The van der Waals surface area contributed by atoms with Crippen LogP contribution in [0.4, 0.5) is 0 Å². The summed E-state index contributed by atoms with van der Waals surface area (Å²) in [5.41, 5.74) is 3.94. The number of hydrogen-bond acceptors (Lipinski definition) is 4. The molecule has 2 heterocycles. The highest BCUT2D eigenvalue weighted by molar-refractivity contribution is 5.93. The van der Waals surface area contributed by atoms with Crippen LogP contribution in [0.1, 0.15) is 34.6 Å². The summed E-state index contributed by atoms with van der Waals surface area (Å²) >= 11 is 0. The Labute approximate surface area is 127 Å². The fourth-order valence-corrected chi connectivity index (χ4v) is 2.39. The van der Waals surface area contributed by atoms with Crippen molar-refractivity contribution in [3.05, 3.63) is 47.1 Å². The highest BCUT2D eigenvalue weighted by atomic mass is 16.3. The van der Waals surface area contributed by atoms with Gasteiger partial charge in [-0.15, -0.1) is 0 Å². The van der Waals surface area contributed by atoms with E-state index in [4.69, 9.17) is 4.42 Å². The number of nitrogens with one attached hydrogen (secondary N) is 2. The number of carbonyl (C=O) groups excluding carboxylic acids is 1. The van der Waals surface area contributed by atoms with Gasteiger partial charge >= 0.3 is 0 Å². The molecule has 6 heteroatoms. The van der Waals surface area contributed by atoms with Crippen LogP contribution in [0.2, 0.25) is 0 Å². The SMILES string of the molecule is CCc1[nH]nc(C(=O)NCCc2nc3ccccc3o2)c1C. The van der Waals surface area contributed by atoms with Crippen molar-refractivity contribution < 1.29 is 9.21 Å². The lowest BCUT2D eigenvalue weighted by Crippen LogP contribution is -2.26. The molecule has 0 spiro atoms. The Hall–Kier alpha value is -2.63. The summed E-state index contributed by atoms with van der Waals surface area (Å²) in [4.78, 5) is 16.5. The van der Waals surface area contributed by atoms with Gasteiger partial charge in [0.15, 0.2) is 17.2 Å². The first-order valence-corrected chi connectivity index (χ1v) is 7.35. The number of aromatic nitrogens is 3. The van der Waals surface area contributed by atoms with E-state index in [0.29, 0.717) is 24.6 Å². The van der Waals surface area contributed by atoms with E-state index in [9.17, 15) is 4.79 Å². The molecule has 0 aliphatic heterocycles. The maximum atomic E-state index is 12.1. The Morgan fingerprint density at radius 2 is 2.18 bits per heavy atom. The topological polar surface area (TPSA) is 83.8 Å². The molecule has 22 heavy (non-hydrogen) atoms. The van der Waals surface area contributed by atoms with E-state index in [1.807, 2.05) is 38.1 Å². The Morgan fingerprint density at radius 1 is 1.36 bits per heavy atom. The molecule has 6 nitrogen and oxygen atoms in total. The Bertz CT molecular complexity index is 770. The molecular weight excluding hydrogens is 280 g/mol. The van der Waals surface area contributed by atoms with Gasteiger partial charge in [0.2, 0.25) is 0 Å². The van der Waals surface area contributed by atoms with E-state index in [0.717, 1.165) is 28.8 Å². The zero-order chi connectivity index (χ0) is 15.5.